The predicted molar refractivity (Wildman–Crippen MR) is 95.7 cm³/mol. The average Bonchev–Trinajstić information content (AvgIpc) is 3.04. The van der Waals surface area contributed by atoms with Gasteiger partial charge in [0.1, 0.15) is 5.75 Å². The number of nitrogens with zero attached hydrogens (tertiary/aromatic N) is 1. The summed E-state index contributed by atoms with van der Waals surface area (Å²) >= 11 is 0. The zero-order valence-electron chi connectivity index (χ0n) is 14.4. The Morgan fingerprint density at radius 3 is 2.19 bits per heavy atom. The van der Waals surface area contributed by atoms with Gasteiger partial charge in [0.25, 0.3) is 11.8 Å². The van der Waals surface area contributed by atoms with E-state index in [0.29, 0.717) is 17.0 Å². The molecule has 2 amide bonds. The average molecular weight is 365 g/mol. The van der Waals surface area contributed by atoms with Gasteiger partial charge in [-0.3, -0.25) is 14.4 Å². The van der Waals surface area contributed by atoms with Crippen molar-refractivity contribution in [2.45, 2.75) is 0 Å². The van der Waals surface area contributed by atoms with Gasteiger partial charge in [0.05, 0.1) is 23.9 Å². The van der Waals surface area contributed by atoms with Crippen LogP contribution in [0.2, 0.25) is 0 Å². The highest BCUT2D eigenvalue weighted by Gasteiger charge is 2.25. The molecule has 1 aliphatic heterocycles. The van der Waals surface area contributed by atoms with Crippen LogP contribution in [0.15, 0.2) is 60.7 Å². The topological polar surface area (TPSA) is 90.0 Å². The molecule has 3 rings (SSSR count). The summed E-state index contributed by atoms with van der Waals surface area (Å²) in [6.07, 6.45) is 2.35. The maximum absolute atomic E-state index is 12.2. The number of ether oxygens (including phenoxy) is 2. The first-order chi connectivity index (χ1) is 13.0. The lowest BCUT2D eigenvalue weighted by atomic mass is 10.1. The highest BCUT2D eigenvalue weighted by atomic mass is 16.5. The molecule has 0 aromatic heterocycles. The quantitative estimate of drug-likeness (QED) is 0.443. The third-order valence-corrected chi connectivity index (χ3v) is 3.91. The number of hydrogen-bond acceptors (Lipinski definition) is 6. The van der Waals surface area contributed by atoms with Crippen molar-refractivity contribution in [2.75, 3.05) is 18.6 Å². The minimum atomic E-state index is -0.693. The number of esters is 1. The molecule has 1 heterocycles. The minimum absolute atomic E-state index is 0.193. The summed E-state index contributed by atoms with van der Waals surface area (Å²) in [4.78, 5) is 48.6. The molecule has 2 aromatic carbocycles. The standard InChI is InChI=1S/C20H15NO6/c1-26-17-5-3-2-4-15(17)16(22)12-27-20(25)13-6-8-14(9-7-13)21-18(23)10-11-19(21)24/h2-11H,12H2,1H3. The fourth-order valence-electron chi connectivity index (χ4n) is 2.57. The predicted octanol–water partition coefficient (Wildman–Crippen LogP) is 2.16. The number of benzene rings is 2. The van der Waals surface area contributed by atoms with Crippen LogP contribution in [0.25, 0.3) is 0 Å². The summed E-state index contributed by atoms with van der Waals surface area (Å²) < 4.78 is 10.2. The molecule has 0 atom stereocenters. The third kappa shape index (κ3) is 3.77. The SMILES string of the molecule is COc1ccccc1C(=O)COC(=O)c1ccc(N2C(=O)C=CC2=O)cc1. The van der Waals surface area contributed by atoms with Crippen LogP contribution in [0.4, 0.5) is 5.69 Å². The van der Waals surface area contributed by atoms with Crippen LogP contribution < -0.4 is 9.64 Å². The maximum atomic E-state index is 12.2. The molecule has 0 saturated carbocycles. The molecular formula is C20H15NO6. The van der Waals surface area contributed by atoms with Crippen LogP contribution in [-0.2, 0) is 14.3 Å². The van der Waals surface area contributed by atoms with Gasteiger partial charge in [0, 0.05) is 12.2 Å². The molecule has 0 radical (unpaired) electrons. The molecule has 136 valence electrons. The van der Waals surface area contributed by atoms with Crippen molar-refractivity contribution in [1.82, 2.24) is 0 Å². The van der Waals surface area contributed by atoms with E-state index in [1.54, 1.807) is 24.3 Å². The molecular weight excluding hydrogens is 350 g/mol. The largest absolute Gasteiger partial charge is 0.496 e. The highest BCUT2D eigenvalue weighted by Crippen LogP contribution is 2.20. The van der Waals surface area contributed by atoms with Crippen molar-refractivity contribution < 1.29 is 28.7 Å². The molecule has 0 fully saturated rings. The lowest BCUT2D eigenvalue weighted by Gasteiger charge is -2.14. The van der Waals surface area contributed by atoms with Crippen molar-refractivity contribution in [2.24, 2.45) is 0 Å². The number of amides is 2. The van der Waals surface area contributed by atoms with Gasteiger partial charge in [-0.25, -0.2) is 9.69 Å². The number of hydrogen-bond donors (Lipinski definition) is 0. The van der Waals surface area contributed by atoms with Gasteiger partial charge in [-0.15, -0.1) is 0 Å². The molecule has 1 aliphatic rings. The summed E-state index contributed by atoms with van der Waals surface area (Å²) in [5.41, 5.74) is 0.858. The van der Waals surface area contributed by atoms with Gasteiger partial charge < -0.3 is 9.47 Å². The second-order valence-electron chi connectivity index (χ2n) is 5.59. The number of Topliss-reactive ketones (excluding diaryl/α,β-unsaturated/α-hetero) is 1. The second-order valence-corrected chi connectivity index (χ2v) is 5.59. The van der Waals surface area contributed by atoms with Gasteiger partial charge in [-0.2, -0.15) is 0 Å². The smallest absolute Gasteiger partial charge is 0.338 e. The number of carbonyl (C=O) groups is 4. The van der Waals surface area contributed by atoms with E-state index in [2.05, 4.69) is 0 Å². The van der Waals surface area contributed by atoms with Crippen LogP contribution in [0.5, 0.6) is 5.75 Å². The van der Waals surface area contributed by atoms with Crippen molar-refractivity contribution >= 4 is 29.3 Å². The normalized spacial score (nSPS) is 13.0. The maximum Gasteiger partial charge on any atom is 0.338 e. The summed E-state index contributed by atoms with van der Waals surface area (Å²) in [5, 5.41) is 0. The first-order valence-corrected chi connectivity index (χ1v) is 8.01. The van der Waals surface area contributed by atoms with Gasteiger partial charge in [0.15, 0.2) is 6.61 Å². The van der Waals surface area contributed by atoms with Crippen LogP contribution >= 0.6 is 0 Å². The molecule has 27 heavy (non-hydrogen) atoms. The van der Waals surface area contributed by atoms with Crippen LogP contribution in [0, 0.1) is 0 Å². The lowest BCUT2D eigenvalue weighted by Crippen LogP contribution is -2.29. The Hall–Kier alpha value is -3.74. The fraction of sp³-hybridized carbons (Fsp3) is 0.100. The van der Waals surface area contributed by atoms with Gasteiger partial charge in [-0.05, 0) is 36.4 Å². The van der Waals surface area contributed by atoms with Crippen LogP contribution in [0.3, 0.4) is 0 Å². The number of para-hydroxylation sites is 1. The van der Waals surface area contributed by atoms with Gasteiger partial charge in [0.2, 0.25) is 5.78 Å². The zero-order valence-corrected chi connectivity index (χ0v) is 14.4. The first-order valence-electron chi connectivity index (χ1n) is 8.01. The highest BCUT2D eigenvalue weighted by molar-refractivity contribution is 6.28. The molecule has 2 aromatic rings. The van der Waals surface area contributed by atoms with E-state index in [0.717, 1.165) is 4.90 Å². The fourth-order valence-corrected chi connectivity index (χ4v) is 2.57. The number of anilines is 1. The third-order valence-electron chi connectivity index (χ3n) is 3.91. The first kappa shape index (κ1) is 18.1. The Bertz CT molecular complexity index is 927. The summed E-state index contributed by atoms with van der Waals surface area (Å²) in [6.45, 7) is -0.437. The Balaban J connectivity index is 1.64. The number of ketones is 1. The molecule has 0 aliphatic carbocycles. The van der Waals surface area contributed by atoms with E-state index in [4.69, 9.17) is 9.47 Å². The van der Waals surface area contributed by atoms with Crippen molar-refractivity contribution in [3.63, 3.8) is 0 Å². The number of rotatable bonds is 6. The van der Waals surface area contributed by atoms with Crippen molar-refractivity contribution in [3.8, 4) is 5.75 Å². The van der Waals surface area contributed by atoms with Crippen LogP contribution in [0.1, 0.15) is 20.7 Å². The molecule has 0 bridgehead atoms. The molecule has 0 spiro atoms. The number of carbonyl (C=O) groups excluding carboxylic acids is 4. The number of methoxy groups -OCH3 is 1. The van der Waals surface area contributed by atoms with Crippen LogP contribution in [-0.4, -0.2) is 37.3 Å². The molecule has 0 N–H and O–H groups in total. The zero-order chi connectivity index (χ0) is 19.4. The molecule has 0 saturated heterocycles. The Morgan fingerprint density at radius 2 is 1.56 bits per heavy atom. The van der Waals surface area contributed by atoms with Gasteiger partial charge >= 0.3 is 5.97 Å². The summed E-state index contributed by atoms with van der Waals surface area (Å²) in [6, 6.07) is 12.4. The number of imide groups is 1. The van der Waals surface area contributed by atoms with E-state index in [1.165, 1.54) is 43.5 Å². The van der Waals surface area contributed by atoms with E-state index in [9.17, 15) is 19.2 Å². The Labute approximate surface area is 154 Å². The van der Waals surface area contributed by atoms with Crippen molar-refractivity contribution in [3.05, 3.63) is 71.8 Å². The van der Waals surface area contributed by atoms with E-state index in [1.807, 2.05) is 0 Å². The summed E-state index contributed by atoms with van der Waals surface area (Å²) in [5.74, 6) is -1.58. The van der Waals surface area contributed by atoms with E-state index >= 15 is 0 Å². The minimum Gasteiger partial charge on any atom is -0.496 e. The van der Waals surface area contributed by atoms with Gasteiger partial charge in [-0.1, -0.05) is 12.1 Å². The molecule has 7 nitrogen and oxygen atoms in total. The van der Waals surface area contributed by atoms with Crippen molar-refractivity contribution in [1.29, 1.82) is 0 Å². The Kier molecular flexibility index (Phi) is 5.12. The van der Waals surface area contributed by atoms with E-state index < -0.39 is 30.2 Å². The monoisotopic (exact) mass is 365 g/mol. The Morgan fingerprint density at radius 1 is 0.926 bits per heavy atom. The molecule has 7 heteroatoms. The molecule has 0 unspecified atom stereocenters. The lowest BCUT2D eigenvalue weighted by molar-refractivity contribution is -0.119. The summed E-state index contributed by atoms with van der Waals surface area (Å²) in [7, 11) is 1.45. The second kappa shape index (κ2) is 7.65. The van der Waals surface area contributed by atoms with E-state index in [-0.39, 0.29) is 5.56 Å².